The highest BCUT2D eigenvalue weighted by molar-refractivity contribution is 5.20. The molecule has 0 aliphatic carbocycles. The van der Waals surface area contributed by atoms with Gasteiger partial charge in [0.1, 0.15) is 0 Å². The van der Waals surface area contributed by atoms with E-state index in [4.69, 9.17) is 10.5 Å². The first-order chi connectivity index (χ1) is 7.77. The summed E-state index contributed by atoms with van der Waals surface area (Å²) < 4.78 is 5.64. The molecule has 2 N–H and O–H groups in total. The van der Waals surface area contributed by atoms with Crippen LogP contribution in [0.5, 0.6) is 0 Å². The fourth-order valence-electron chi connectivity index (χ4n) is 2.49. The molecule has 0 bridgehead atoms. The van der Waals surface area contributed by atoms with Gasteiger partial charge in [-0.15, -0.1) is 0 Å². The Balaban J connectivity index is 2.30. The summed E-state index contributed by atoms with van der Waals surface area (Å²) in [5.74, 6) is 0. The predicted octanol–water partition coefficient (Wildman–Crippen LogP) is 1.79. The van der Waals surface area contributed by atoms with Crippen LogP contribution in [0.2, 0.25) is 0 Å². The van der Waals surface area contributed by atoms with Crippen LogP contribution in [-0.4, -0.2) is 24.7 Å². The van der Waals surface area contributed by atoms with Crippen LogP contribution in [-0.2, 0) is 10.2 Å². The van der Waals surface area contributed by atoms with Crippen molar-refractivity contribution in [3.05, 3.63) is 29.6 Å². The van der Waals surface area contributed by atoms with Crippen LogP contribution in [0.4, 0.5) is 0 Å². The summed E-state index contributed by atoms with van der Waals surface area (Å²) in [6, 6.07) is 6.21. The molecule has 0 spiro atoms. The minimum Gasteiger partial charge on any atom is -0.380 e. The molecule has 2 heterocycles. The second kappa shape index (κ2) is 4.93. The molecule has 1 aromatic heterocycles. The summed E-state index contributed by atoms with van der Waals surface area (Å²) in [6.07, 6.45) is 3.21. The molecule has 1 aromatic rings. The van der Waals surface area contributed by atoms with Gasteiger partial charge in [-0.2, -0.15) is 0 Å². The second-order valence-corrected chi connectivity index (χ2v) is 4.64. The van der Waals surface area contributed by atoms with Crippen molar-refractivity contribution in [2.45, 2.75) is 31.6 Å². The van der Waals surface area contributed by atoms with Crippen molar-refractivity contribution in [1.29, 1.82) is 0 Å². The second-order valence-electron chi connectivity index (χ2n) is 4.64. The number of ether oxygens (including phenoxy) is 1. The predicted molar refractivity (Wildman–Crippen MR) is 64.4 cm³/mol. The molecule has 16 heavy (non-hydrogen) atoms. The minimum absolute atomic E-state index is 0.0546. The number of nitrogens with zero attached hydrogens (tertiary/aromatic N) is 1. The van der Waals surface area contributed by atoms with E-state index in [-0.39, 0.29) is 5.41 Å². The van der Waals surface area contributed by atoms with Gasteiger partial charge in [0.15, 0.2) is 0 Å². The van der Waals surface area contributed by atoms with Crippen LogP contribution in [0.15, 0.2) is 18.2 Å². The first-order valence-corrected chi connectivity index (χ1v) is 5.99. The van der Waals surface area contributed by atoms with E-state index in [2.05, 4.69) is 17.1 Å². The molecule has 0 aromatic carbocycles. The smallest absolute Gasteiger partial charge is 0.0578 e. The molecule has 1 fully saturated rings. The topological polar surface area (TPSA) is 48.1 Å². The maximum Gasteiger partial charge on any atom is 0.0578 e. The first kappa shape index (κ1) is 11.6. The summed E-state index contributed by atoms with van der Waals surface area (Å²) in [6.45, 7) is 4.36. The fourth-order valence-corrected chi connectivity index (χ4v) is 2.49. The summed E-state index contributed by atoms with van der Waals surface area (Å²) >= 11 is 0. The van der Waals surface area contributed by atoms with Crippen LogP contribution in [0.3, 0.4) is 0 Å². The molecule has 3 nitrogen and oxygen atoms in total. The molecule has 3 heteroatoms. The minimum atomic E-state index is 0.0546. The highest BCUT2D eigenvalue weighted by atomic mass is 16.5. The lowest BCUT2D eigenvalue weighted by Gasteiger charge is -2.36. The van der Waals surface area contributed by atoms with Gasteiger partial charge in [0, 0.05) is 23.4 Å². The van der Waals surface area contributed by atoms with Gasteiger partial charge in [0.2, 0.25) is 0 Å². The normalized spacial score (nSPS) is 25.6. The molecule has 1 atom stereocenters. The fraction of sp³-hybridized carbons (Fsp3) is 0.615. The number of nitrogens with two attached hydrogens (primary N) is 1. The quantitative estimate of drug-likeness (QED) is 0.844. The lowest BCUT2D eigenvalue weighted by atomic mass is 9.76. The Morgan fingerprint density at radius 1 is 1.50 bits per heavy atom. The molecule has 1 saturated heterocycles. The largest absolute Gasteiger partial charge is 0.380 e. The van der Waals surface area contributed by atoms with E-state index < -0.39 is 0 Å². The van der Waals surface area contributed by atoms with E-state index in [9.17, 15) is 0 Å². The van der Waals surface area contributed by atoms with Crippen molar-refractivity contribution < 1.29 is 4.74 Å². The molecule has 1 aliphatic rings. The van der Waals surface area contributed by atoms with Crippen molar-refractivity contribution in [3.63, 3.8) is 0 Å². The van der Waals surface area contributed by atoms with Gasteiger partial charge in [-0.25, -0.2) is 0 Å². The van der Waals surface area contributed by atoms with Crippen molar-refractivity contribution >= 4 is 0 Å². The van der Waals surface area contributed by atoms with Crippen LogP contribution in [0.1, 0.15) is 30.7 Å². The highest BCUT2D eigenvalue weighted by Gasteiger charge is 2.35. The van der Waals surface area contributed by atoms with E-state index in [1.54, 1.807) is 0 Å². The first-order valence-electron chi connectivity index (χ1n) is 5.99. The molecule has 88 valence electrons. The number of pyridine rings is 1. The zero-order valence-corrected chi connectivity index (χ0v) is 9.91. The Morgan fingerprint density at radius 2 is 2.38 bits per heavy atom. The third kappa shape index (κ3) is 2.25. The average molecular weight is 220 g/mol. The molecule has 0 radical (unpaired) electrons. The van der Waals surface area contributed by atoms with Crippen LogP contribution in [0, 0.1) is 6.92 Å². The number of hydrogen-bond donors (Lipinski definition) is 1. The Bertz CT molecular complexity index is 340. The molecule has 0 amide bonds. The highest BCUT2D eigenvalue weighted by Crippen LogP contribution is 2.34. The maximum absolute atomic E-state index is 5.74. The van der Waals surface area contributed by atoms with Crippen LogP contribution >= 0.6 is 0 Å². The van der Waals surface area contributed by atoms with E-state index in [1.165, 1.54) is 0 Å². The number of aromatic nitrogens is 1. The average Bonchev–Trinajstić information content (AvgIpc) is 2.31. The van der Waals surface area contributed by atoms with Gasteiger partial charge < -0.3 is 10.5 Å². The lowest BCUT2D eigenvalue weighted by Crippen LogP contribution is -2.39. The van der Waals surface area contributed by atoms with Gasteiger partial charge >= 0.3 is 0 Å². The number of rotatable bonds is 3. The van der Waals surface area contributed by atoms with Crippen LogP contribution < -0.4 is 5.73 Å². The third-order valence-corrected chi connectivity index (χ3v) is 3.38. The lowest BCUT2D eigenvalue weighted by molar-refractivity contribution is 0.0293. The van der Waals surface area contributed by atoms with Crippen molar-refractivity contribution in [2.75, 3.05) is 19.8 Å². The summed E-state index contributed by atoms with van der Waals surface area (Å²) in [4.78, 5) is 4.65. The Morgan fingerprint density at radius 3 is 3.00 bits per heavy atom. The van der Waals surface area contributed by atoms with Crippen LogP contribution in [0.25, 0.3) is 0 Å². The van der Waals surface area contributed by atoms with Crippen molar-refractivity contribution in [3.8, 4) is 0 Å². The Kier molecular flexibility index (Phi) is 3.56. The SMILES string of the molecule is Cc1cccc(C2(CCN)CCCOC2)n1. The van der Waals surface area contributed by atoms with Gasteiger partial charge in [-0.3, -0.25) is 4.98 Å². The third-order valence-electron chi connectivity index (χ3n) is 3.38. The number of hydrogen-bond acceptors (Lipinski definition) is 3. The monoisotopic (exact) mass is 220 g/mol. The Labute approximate surface area is 97.0 Å². The van der Waals surface area contributed by atoms with E-state index in [0.717, 1.165) is 43.9 Å². The molecule has 1 aliphatic heterocycles. The van der Waals surface area contributed by atoms with E-state index in [1.807, 2.05) is 13.0 Å². The van der Waals surface area contributed by atoms with Crippen molar-refractivity contribution in [1.82, 2.24) is 4.98 Å². The van der Waals surface area contributed by atoms with Crippen molar-refractivity contribution in [2.24, 2.45) is 5.73 Å². The molecular formula is C13H20N2O. The molecular weight excluding hydrogens is 200 g/mol. The van der Waals surface area contributed by atoms with Gasteiger partial charge in [-0.1, -0.05) is 6.07 Å². The Hall–Kier alpha value is -0.930. The zero-order valence-electron chi connectivity index (χ0n) is 9.91. The maximum atomic E-state index is 5.74. The standard InChI is InChI=1S/C13H20N2O/c1-11-4-2-5-12(15-11)13(7-8-14)6-3-9-16-10-13/h2,4-5H,3,6-10,14H2,1H3. The van der Waals surface area contributed by atoms with Gasteiger partial charge in [0.05, 0.1) is 6.61 Å². The van der Waals surface area contributed by atoms with E-state index in [0.29, 0.717) is 6.54 Å². The molecule has 2 rings (SSSR count). The number of aryl methyl sites for hydroxylation is 1. The summed E-state index contributed by atoms with van der Waals surface area (Å²) in [7, 11) is 0. The summed E-state index contributed by atoms with van der Waals surface area (Å²) in [5, 5.41) is 0. The molecule has 1 unspecified atom stereocenters. The van der Waals surface area contributed by atoms with Gasteiger partial charge in [0.25, 0.3) is 0 Å². The zero-order chi connectivity index (χ0) is 11.4. The van der Waals surface area contributed by atoms with E-state index >= 15 is 0 Å². The molecule has 0 saturated carbocycles. The summed E-state index contributed by atoms with van der Waals surface area (Å²) in [5.41, 5.74) is 8.01. The van der Waals surface area contributed by atoms with Gasteiger partial charge in [-0.05, 0) is 44.9 Å².